The Kier molecular flexibility index (Phi) is 9.11. The van der Waals surface area contributed by atoms with Crippen LogP contribution >= 0.6 is 11.3 Å². The summed E-state index contributed by atoms with van der Waals surface area (Å²) in [6, 6.07) is 94.3. The molecular weight excluding hydrogens is 853 g/mol. The molecule has 0 saturated heterocycles. The van der Waals surface area contributed by atoms with Crippen LogP contribution in [0.15, 0.2) is 255 Å². The molecule has 0 N–H and O–H groups in total. The highest BCUT2D eigenvalue weighted by Gasteiger charge is 2.27. The van der Waals surface area contributed by atoms with E-state index in [1.807, 2.05) is 11.3 Å². The lowest BCUT2D eigenvalue weighted by atomic mass is 9.93. The zero-order valence-corrected chi connectivity index (χ0v) is 38.4. The monoisotopic (exact) mass is 894 g/mol. The van der Waals surface area contributed by atoms with E-state index in [0.29, 0.717) is 0 Å². The Morgan fingerprint density at radius 2 is 0.696 bits per heavy atom. The molecule has 0 bridgehead atoms. The summed E-state index contributed by atoms with van der Waals surface area (Å²) in [7, 11) is 0. The van der Waals surface area contributed by atoms with Crippen molar-refractivity contribution in [3.8, 4) is 22.3 Å². The van der Waals surface area contributed by atoms with Gasteiger partial charge in [-0.15, -0.1) is 11.3 Å². The number of para-hydroxylation sites is 3. The molecule has 2 nitrogen and oxygen atoms in total. The Bertz CT molecular complexity index is 4270. The lowest BCUT2D eigenvalue weighted by Gasteiger charge is -2.30. The van der Waals surface area contributed by atoms with E-state index in [1.165, 1.54) is 96.3 Å². The summed E-state index contributed by atoms with van der Waals surface area (Å²) in [6.07, 6.45) is 0. The second kappa shape index (κ2) is 16.0. The molecule has 1 aromatic heterocycles. The van der Waals surface area contributed by atoms with Gasteiger partial charge >= 0.3 is 0 Å². The van der Waals surface area contributed by atoms with Gasteiger partial charge in [0.15, 0.2) is 0 Å². The van der Waals surface area contributed by atoms with Crippen molar-refractivity contribution in [2.45, 2.75) is 0 Å². The van der Waals surface area contributed by atoms with Gasteiger partial charge in [0.05, 0.1) is 11.4 Å². The molecule has 1 aliphatic heterocycles. The molecule has 12 aromatic carbocycles. The maximum absolute atomic E-state index is 2.47. The fourth-order valence-electron chi connectivity index (χ4n) is 11.1. The van der Waals surface area contributed by atoms with Crippen LogP contribution in [0.5, 0.6) is 0 Å². The lowest BCUT2D eigenvalue weighted by Crippen LogP contribution is -2.13. The zero-order valence-electron chi connectivity index (χ0n) is 37.6. The Morgan fingerprint density at radius 3 is 1.36 bits per heavy atom. The quantitative estimate of drug-likeness (QED) is 0.174. The van der Waals surface area contributed by atoms with Crippen LogP contribution in [-0.4, -0.2) is 0 Å². The van der Waals surface area contributed by atoms with Gasteiger partial charge in [-0.05, 0) is 144 Å². The highest BCUT2D eigenvalue weighted by molar-refractivity contribution is 7.25. The number of hydrogen-bond donors (Lipinski definition) is 0. The Hall–Kier alpha value is -8.76. The van der Waals surface area contributed by atoms with Crippen molar-refractivity contribution < 1.29 is 0 Å². The van der Waals surface area contributed by atoms with E-state index >= 15 is 0 Å². The predicted molar refractivity (Wildman–Crippen MR) is 298 cm³/mol. The minimum atomic E-state index is 1.08. The number of anilines is 6. The summed E-state index contributed by atoms with van der Waals surface area (Å²) in [4.78, 5) is 4.87. The van der Waals surface area contributed by atoms with E-state index in [2.05, 4.69) is 265 Å². The molecule has 13 aromatic rings. The molecule has 2 heterocycles. The lowest BCUT2D eigenvalue weighted by molar-refractivity contribution is 1.27. The van der Waals surface area contributed by atoms with Crippen molar-refractivity contribution >= 4 is 119 Å². The Balaban J connectivity index is 1.10. The topological polar surface area (TPSA) is 6.48 Å². The standard InChI is InChI=1S/C66H42N2S/c1-3-19-43(20-4-1)67(46-36-38-64-61(40-46)54-30-14-11-27-51(54)56-31-15-17-33-63(56)68(64)44-21-5-2-6-22-44)45-35-37-55-58(39-45)52-28-12-9-25-49(52)47-23-7-8-24-48(47)50-26-10-13-29-53(50)59-41-62-57-32-16-18-34-65(57)69-66(62)42-60(55)59/h1-42H. The minimum Gasteiger partial charge on any atom is -0.310 e. The predicted octanol–water partition coefficient (Wildman–Crippen LogP) is 19.5. The summed E-state index contributed by atoms with van der Waals surface area (Å²) in [5.41, 5.74) is 11.5. The highest BCUT2D eigenvalue weighted by atomic mass is 32.1. The third kappa shape index (κ3) is 6.32. The molecule has 0 saturated carbocycles. The van der Waals surface area contributed by atoms with Crippen LogP contribution in [0.3, 0.4) is 0 Å². The molecule has 0 spiro atoms. The van der Waals surface area contributed by atoms with E-state index in [0.717, 1.165) is 34.1 Å². The fourth-order valence-corrected chi connectivity index (χ4v) is 12.3. The molecule has 0 fully saturated rings. The zero-order chi connectivity index (χ0) is 45.4. The Morgan fingerprint density at radius 1 is 0.246 bits per heavy atom. The Labute approximate surface area is 404 Å². The first-order valence-electron chi connectivity index (χ1n) is 23.7. The average Bonchev–Trinajstić information content (AvgIpc) is 3.73. The number of benzene rings is 11. The van der Waals surface area contributed by atoms with E-state index in [1.54, 1.807) is 0 Å². The summed E-state index contributed by atoms with van der Waals surface area (Å²) in [6.45, 7) is 0. The van der Waals surface area contributed by atoms with Gasteiger partial charge in [0, 0.05) is 54.0 Å². The molecule has 0 atom stereocenters. The van der Waals surface area contributed by atoms with Crippen LogP contribution < -0.4 is 9.80 Å². The molecule has 0 aliphatic carbocycles. The minimum absolute atomic E-state index is 1.08. The van der Waals surface area contributed by atoms with Gasteiger partial charge < -0.3 is 9.80 Å². The summed E-state index contributed by atoms with van der Waals surface area (Å²) in [5.74, 6) is 0. The van der Waals surface area contributed by atoms with Gasteiger partial charge in [0.25, 0.3) is 0 Å². The molecule has 0 amide bonds. The van der Waals surface area contributed by atoms with Gasteiger partial charge in [-0.2, -0.15) is 0 Å². The number of rotatable bonds is 4. The van der Waals surface area contributed by atoms with Crippen molar-refractivity contribution in [2.75, 3.05) is 9.80 Å². The molecule has 322 valence electrons. The number of thiophene rings is 1. The van der Waals surface area contributed by atoms with Gasteiger partial charge in [-0.3, -0.25) is 0 Å². The highest BCUT2D eigenvalue weighted by Crippen LogP contribution is 2.52. The third-order valence-corrected chi connectivity index (χ3v) is 15.3. The van der Waals surface area contributed by atoms with Crippen LogP contribution in [0.4, 0.5) is 34.1 Å². The van der Waals surface area contributed by atoms with Crippen LogP contribution in [0.1, 0.15) is 0 Å². The normalized spacial score (nSPS) is 12.0. The molecule has 3 heteroatoms. The van der Waals surface area contributed by atoms with E-state index < -0.39 is 0 Å². The van der Waals surface area contributed by atoms with E-state index in [9.17, 15) is 0 Å². The van der Waals surface area contributed by atoms with Gasteiger partial charge in [-0.1, -0.05) is 176 Å². The first-order chi connectivity index (χ1) is 34.2. The van der Waals surface area contributed by atoms with E-state index in [-0.39, 0.29) is 0 Å². The number of hydrogen-bond acceptors (Lipinski definition) is 3. The van der Waals surface area contributed by atoms with Crippen molar-refractivity contribution in [1.82, 2.24) is 0 Å². The van der Waals surface area contributed by atoms with Crippen LogP contribution in [0.25, 0.3) is 96.3 Å². The van der Waals surface area contributed by atoms with Crippen LogP contribution in [-0.2, 0) is 0 Å². The summed E-state index contributed by atoms with van der Waals surface area (Å²) in [5, 5.41) is 14.8. The second-order valence-electron chi connectivity index (χ2n) is 18.0. The largest absolute Gasteiger partial charge is 0.310 e. The van der Waals surface area contributed by atoms with Gasteiger partial charge in [0.1, 0.15) is 0 Å². The molecule has 0 radical (unpaired) electrons. The van der Waals surface area contributed by atoms with Crippen molar-refractivity contribution in [1.29, 1.82) is 0 Å². The molecular formula is C66H42N2S. The van der Waals surface area contributed by atoms with Gasteiger partial charge in [0.2, 0.25) is 0 Å². The fraction of sp³-hybridized carbons (Fsp3) is 0. The number of fused-ring (bicyclic) bond motifs is 18. The maximum atomic E-state index is 2.47. The van der Waals surface area contributed by atoms with Crippen LogP contribution in [0, 0.1) is 0 Å². The SMILES string of the molecule is c1ccc(N(c2ccc3c(c2)-c2ccccc2-c2ccccc2N3c2ccccc2)c2ccc3c(c2)c2ccccc2c2ccccc2c2ccccc2c2cc4c(cc32)sc2ccccc24)cc1. The number of nitrogens with zero attached hydrogens (tertiary/aromatic N) is 2. The molecule has 1 aliphatic rings. The smallest absolute Gasteiger partial charge is 0.0542 e. The average molecular weight is 895 g/mol. The molecule has 69 heavy (non-hydrogen) atoms. The van der Waals surface area contributed by atoms with Gasteiger partial charge in [-0.25, -0.2) is 0 Å². The van der Waals surface area contributed by atoms with Crippen molar-refractivity contribution in [2.24, 2.45) is 0 Å². The first kappa shape index (κ1) is 39.4. The molecule has 0 unspecified atom stereocenters. The molecule has 14 rings (SSSR count). The maximum Gasteiger partial charge on any atom is 0.0542 e. The second-order valence-corrected chi connectivity index (χ2v) is 19.0. The van der Waals surface area contributed by atoms with Crippen LogP contribution in [0.2, 0.25) is 0 Å². The summed E-state index contributed by atoms with van der Waals surface area (Å²) >= 11 is 1.88. The van der Waals surface area contributed by atoms with Crippen molar-refractivity contribution in [3.05, 3.63) is 255 Å². The van der Waals surface area contributed by atoms with Crippen molar-refractivity contribution in [3.63, 3.8) is 0 Å². The first-order valence-corrected chi connectivity index (χ1v) is 24.5. The van der Waals surface area contributed by atoms with E-state index in [4.69, 9.17) is 0 Å². The summed E-state index contributed by atoms with van der Waals surface area (Å²) < 4.78 is 2.59. The third-order valence-electron chi connectivity index (χ3n) is 14.2.